The third-order valence-corrected chi connectivity index (χ3v) is 2.88. The number of nitrogens with one attached hydrogen (secondary N) is 1. The molecular weight excluding hydrogens is 200 g/mol. The van der Waals surface area contributed by atoms with Crippen molar-refractivity contribution >= 4 is 0 Å². The molecule has 16 heavy (non-hydrogen) atoms. The molecule has 1 unspecified atom stereocenters. The Labute approximate surface area is 98.8 Å². The first kappa shape index (κ1) is 13.3. The fourth-order valence-corrected chi connectivity index (χ4v) is 1.63. The van der Waals surface area contributed by atoms with Crippen molar-refractivity contribution in [2.24, 2.45) is 0 Å². The molecule has 0 saturated carbocycles. The van der Waals surface area contributed by atoms with Crippen LogP contribution in [0.5, 0.6) is 0 Å². The summed E-state index contributed by atoms with van der Waals surface area (Å²) in [5.74, 6) is 0. The molecule has 0 bridgehead atoms. The van der Waals surface area contributed by atoms with Gasteiger partial charge in [-0.15, -0.1) is 0 Å². The SMILES string of the molecule is CC(C)NCCC(C)N(C)Cc1ccoc1. The van der Waals surface area contributed by atoms with Gasteiger partial charge in [0.1, 0.15) is 0 Å². The standard InChI is InChI=1S/C13H24N2O/c1-11(2)14-7-5-12(3)15(4)9-13-6-8-16-10-13/h6,8,10-12,14H,5,7,9H2,1-4H3. The van der Waals surface area contributed by atoms with E-state index in [0.717, 1.165) is 13.1 Å². The lowest BCUT2D eigenvalue weighted by molar-refractivity contribution is 0.235. The van der Waals surface area contributed by atoms with Crippen LogP contribution in [0.2, 0.25) is 0 Å². The molecule has 1 aromatic heterocycles. The molecule has 0 aliphatic carbocycles. The summed E-state index contributed by atoms with van der Waals surface area (Å²) in [7, 11) is 2.16. The summed E-state index contributed by atoms with van der Waals surface area (Å²) < 4.78 is 5.07. The van der Waals surface area contributed by atoms with Gasteiger partial charge in [-0.2, -0.15) is 0 Å². The second-order valence-corrected chi connectivity index (χ2v) is 4.79. The molecule has 1 N–H and O–H groups in total. The van der Waals surface area contributed by atoms with Crippen LogP contribution < -0.4 is 5.32 Å². The molecule has 0 aromatic carbocycles. The molecule has 0 amide bonds. The molecule has 0 fully saturated rings. The molecule has 1 aromatic rings. The molecule has 1 heterocycles. The van der Waals surface area contributed by atoms with Crippen molar-refractivity contribution in [1.29, 1.82) is 0 Å². The summed E-state index contributed by atoms with van der Waals surface area (Å²) in [5, 5.41) is 3.44. The van der Waals surface area contributed by atoms with Gasteiger partial charge in [0.15, 0.2) is 0 Å². The molecule has 0 spiro atoms. The maximum absolute atomic E-state index is 5.07. The highest BCUT2D eigenvalue weighted by Gasteiger charge is 2.09. The summed E-state index contributed by atoms with van der Waals surface area (Å²) >= 11 is 0. The van der Waals surface area contributed by atoms with Crippen molar-refractivity contribution in [3.05, 3.63) is 24.2 Å². The Morgan fingerprint density at radius 1 is 1.38 bits per heavy atom. The van der Waals surface area contributed by atoms with E-state index in [1.807, 2.05) is 12.3 Å². The van der Waals surface area contributed by atoms with Gasteiger partial charge in [0.25, 0.3) is 0 Å². The van der Waals surface area contributed by atoms with Crippen molar-refractivity contribution in [2.75, 3.05) is 13.6 Å². The molecule has 0 aliphatic rings. The quantitative estimate of drug-likeness (QED) is 0.771. The van der Waals surface area contributed by atoms with E-state index in [2.05, 4.69) is 38.0 Å². The van der Waals surface area contributed by atoms with Crippen LogP contribution in [-0.4, -0.2) is 30.6 Å². The van der Waals surface area contributed by atoms with Crippen LogP contribution in [0.25, 0.3) is 0 Å². The maximum Gasteiger partial charge on any atom is 0.0947 e. The molecule has 3 nitrogen and oxygen atoms in total. The van der Waals surface area contributed by atoms with E-state index in [0.29, 0.717) is 12.1 Å². The molecule has 0 saturated heterocycles. The fourth-order valence-electron chi connectivity index (χ4n) is 1.63. The number of furan rings is 1. The lowest BCUT2D eigenvalue weighted by Crippen LogP contribution is -2.33. The van der Waals surface area contributed by atoms with E-state index < -0.39 is 0 Å². The highest BCUT2D eigenvalue weighted by molar-refractivity contribution is 5.04. The van der Waals surface area contributed by atoms with Crippen molar-refractivity contribution in [3.8, 4) is 0 Å². The first-order chi connectivity index (χ1) is 7.59. The summed E-state index contributed by atoms with van der Waals surface area (Å²) in [6.07, 6.45) is 4.72. The third kappa shape index (κ3) is 4.81. The molecule has 0 radical (unpaired) electrons. The van der Waals surface area contributed by atoms with Crippen LogP contribution in [0.1, 0.15) is 32.8 Å². The lowest BCUT2D eigenvalue weighted by atomic mass is 10.2. The van der Waals surface area contributed by atoms with Crippen molar-refractivity contribution in [2.45, 2.75) is 45.8 Å². The zero-order chi connectivity index (χ0) is 12.0. The average Bonchev–Trinajstić information content (AvgIpc) is 2.69. The highest BCUT2D eigenvalue weighted by atomic mass is 16.3. The van der Waals surface area contributed by atoms with Gasteiger partial charge < -0.3 is 9.73 Å². The minimum atomic E-state index is 0.575. The Kier molecular flexibility index (Phi) is 5.56. The monoisotopic (exact) mass is 224 g/mol. The Hall–Kier alpha value is -0.800. The van der Waals surface area contributed by atoms with E-state index in [1.165, 1.54) is 12.0 Å². The van der Waals surface area contributed by atoms with Crippen molar-refractivity contribution in [1.82, 2.24) is 10.2 Å². The van der Waals surface area contributed by atoms with Crippen LogP contribution in [0.4, 0.5) is 0 Å². The Bertz CT molecular complexity index is 269. The van der Waals surface area contributed by atoms with Crippen LogP contribution in [-0.2, 0) is 6.54 Å². The number of rotatable bonds is 7. The third-order valence-electron chi connectivity index (χ3n) is 2.88. The van der Waals surface area contributed by atoms with Gasteiger partial charge >= 0.3 is 0 Å². The number of nitrogens with zero attached hydrogens (tertiary/aromatic N) is 1. The predicted molar refractivity (Wildman–Crippen MR) is 67.4 cm³/mol. The molecule has 3 heteroatoms. The fraction of sp³-hybridized carbons (Fsp3) is 0.692. The van der Waals surface area contributed by atoms with Crippen molar-refractivity contribution in [3.63, 3.8) is 0 Å². The summed E-state index contributed by atoms with van der Waals surface area (Å²) in [4.78, 5) is 2.35. The molecule has 0 aliphatic heterocycles. The summed E-state index contributed by atoms with van der Waals surface area (Å²) in [6.45, 7) is 8.66. The van der Waals surface area contributed by atoms with Crippen LogP contribution in [0, 0.1) is 0 Å². The van der Waals surface area contributed by atoms with Crippen LogP contribution in [0.15, 0.2) is 23.0 Å². The van der Waals surface area contributed by atoms with Gasteiger partial charge in [-0.3, -0.25) is 4.90 Å². The molecule has 92 valence electrons. The first-order valence-electron chi connectivity index (χ1n) is 6.04. The van der Waals surface area contributed by atoms with Gasteiger partial charge in [0.05, 0.1) is 12.5 Å². The highest BCUT2D eigenvalue weighted by Crippen LogP contribution is 2.08. The maximum atomic E-state index is 5.07. The van der Waals surface area contributed by atoms with E-state index in [1.54, 1.807) is 6.26 Å². The molecule has 1 atom stereocenters. The van der Waals surface area contributed by atoms with Gasteiger partial charge in [-0.05, 0) is 33.0 Å². The second-order valence-electron chi connectivity index (χ2n) is 4.79. The Balaban J connectivity index is 2.22. The lowest BCUT2D eigenvalue weighted by Gasteiger charge is -2.24. The van der Waals surface area contributed by atoms with E-state index in [-0.39, 0.29) is 0 Å². The number of hydrogen-bond donors (Lipinski definition) is 1. The minimum Gasteiger partial charge on any atom is -0.472 e. The Morgan fingerprint density at radius 2 is 2.12 bits per heavy atom. The van der Waals surface area contributed by atoms with Crippen LogP contribution >= 0.6 is 0 Å². The zero-order valence-corrected chi connectivity index (χ0v) is 10.9. The Morgan fingerprint density at radius 3 is 2.69 bits per heavy atom. The largest absolute Gasteiger partial charge is 0.472 e. The minimum absolute atomic E-state index is 0.575. The molecular formula is C13H24N2O. The second kappa shape index (κ2) is 6.71. The van der Waals surface area contributed by atoms with Crippen molar-refractivity contribution < 1.29 is 4.42 Å². The first-order valence-corrected chi connectivity index (χ1v) is 6.04. The van der Waals surface area contributed by atoms with E-state index >= 15 is 0 Å². The summed E-state index contributed by atoms with van der Waals surface area (Å²) in [5.41, 5.74) is 1.24. The summed E-state index contributed by atoms with van der Waals surface area (Å²) in [6, 6.07) is 3.18. The van der Waals surface area contributed by atoms with Gasteiger partial charge in [-0.1, -0.05) is 13.8 Å². The number of hydrogen-bond acceptors (Lipinski definition) is 3. The van der Waals surface area contributed by atoms with Gasteiger partial charge in [-0.25, -0.2) is 0 Å². The van der Waals surface area contributed by atoms with Crippen LogP contribution in [0.3, 0.4) is 0 Å². The predicted octanol–water partition coefficient (Wildman–Crippen LogP) is 2.49. The van der Waals surface area contributed by atoms with Gasteiger partial charge in [0, 0.05) is 24.2 Å². The topological polar surface area (TPSA) is 28.4 Å². The normalized spacial score (nSPS) is 13.6. The van der Waals surface area contributed by atoms with Gasteiger partial charge in [0.2, 0.25) is 0 Å². The van der Waals surface area contributed by atoms with E-state index in [4.69, 9.17) is 4.42 Å². The average molecular weight is 224 g/mol. The zero-order valence-electron chi connectivity index (χ0n) is 10.9. The van der Waals surface area contributed by atoms with E-state index in [9.17, 15) is 0 Å². The molecule has 1 rings (SSSR count). The smallest absolute Gasteiger partial charge is 0.0947 e.